The van der Waals surface area contributed by atoms with Gasteiger partial charge < -0.3 is 10.2 Å². The van der Waals surface area contributed by atoms with E-state index in [0.717, 1.165) is 58.0 Å². The third kappa shape index (κ3) is 6.08. The maximum atomic E-state index is 12.7. The highest BCUT2D eigenvalue weighted by Crippen LogP contribution is 2.43. The number of hydrogen-bond donors (Lipinski definition) is 1. The minimum absolute atomic E-state index is 0.0193. The van der Waals surface area contributed by atoms with Crippen molar-refractivity contribution in [3.8, 4) is 0 Å². The summed E-state index contributed by atoms with van der Waals surface area (Å²) >= 11 is 1.83. The van der Waals surface area contributed by atoms with Crippen LogP contribution in [0.1, 0.15) is 61.8 Å². The lowest BCUT2D eigenvalue weighted by atomic mass is 9.77. The fraction of sp³-hybridized carbons (Fsp3) is 0.571. The van der Waals surface area contributed by atoms with Crippen molar-refractivity contribution < 1.29 is 9.59 Å². The van der Waals surface area contributed by atoms with Crippen molar-refractivity contribution in [3.63, 3.8) is 0 Å². The molecule has 4 rings (SSSR count). The first-order valence-electron chi connectivity index (χ1n) is 12.8. The number of nitrogens with zero attached hydrogens (tertiary/aromatic N) is 2. The molecule has 2 fully saturated rings. The number of hydrogen-bond acceptors (Lipinski definition) is 4. The second-order valence-corrected chi connectivity index (χ2v) is 11.2. The van der Waals surface area contributed by atoms with Gasteiger partial charge in [-0.25, -0.2) is 0 Å². The predicted octanol–water partition coefficient (Wildman–Crippen LogP) is 4.83. The van der Waals surface area contributed by atoms with Crippen LogP contribution < -0.4 is 5.32 Å². The normalized spacial score (nSPS) is 23.7. The van der Waals surface area contributed by atoms with Gasteiger partial charge in [0, 0.05) is 36.9 Å². The van der Waals surface area contributed by atoms with Gasteiger partial charge in [0.05, 0.1) is 5.54 Å². The molecule has 1 N–H and O–H groups in total. The lowest BCUT2D eigenvalue weighted by molar-refractivity contribution is -0.135. The quantitative estimate of drug-likeness (QED) is 0.588. The summed E-state index contributed by atoms with van der Waals surface area (Å²) in [5.74, 6) is 0.788. The largest absolute Gasteiger partial charge is 0.353 e. The van der Waals surface area contributed by atoms with Crippen LogP contribution in [0, 0.1) is 5.92 Å². The summed E-state index contributed by atoms with van der Waals surface area (Å²) in [4.78, 5) is 31.0. The molecule has 2 aliphatic rings. The first-order valence-corrected chi connectivity index (χ1v) is 13.7. The van der Waals surface area contributed by atoms with Crippen LogP contribution in [0.15, 0.2) is 47.8 Å². The summed E-state index contributed by atoms with van der Waals surface area (Å²) in [6, 6.07) is 15.2. The van der Waals surface area contributed by atoms with E-state index in [1.165, 1.54) is 10.4 Å². The highest BCUT2D eigenvalue weighted by molar-refractivity contribution is 7.10. The Morgan fingerprint density at radius 1 is 1.00 bits per heavy atom. The minimum Gasteiger partial charge on any atom is -0.353 e. The summed E-state index contributed by atoms with van der Waals surface area (Å²) in [6.45, 7) is 1.63. The highest BCUT2D eigenvalue weighted by Gasteiger charge is 2.39. The minimum atomic E-state index is 0.0193. The van der Waals surface area contributed by atoms with Crippen molar-refractivity contribution in [2.45, 2.75) is 69.4 Å². The Balaban J connectivity index is 1.16. The zero-order chi connectivity index (χ0) is 24.0. The SMILES string of the molecule is CN(C)C1(c2cccs2)CCC(NC(=O)CCC(=O)N2CCC(Cc3ccccc3)CC2)CC1. The van der Waals surface area contributed by atoms with Gasteiger partial charge in [0.1, 0.15) is 0 Å². The van der Waals surface area contributed by atoms with Gasteiger partial charge in [0.25, 0.3) is 0 Å². The molecule has 2 amide bonds. The van der Waals surface area contributed by atoms with E-state index in [2.05, 4.69) is 72.2 Å². The summed E-state index contributed by atoms with van der Waals surface area (Å²) in [6.07, 6.45) is 7.84. The molecule has 0 atom stereocenters. The van der Waals surface area contributed by atoms with Gasteiger partial charge >= 0.3 is 0 Å². The van der Waals surface area contributed by atoms with Crippen molar-refractivity contribution in [2.24, 2.45) is 5.92 Å². The number of nitrogens with one attached hydrogen (secondary N) is 1. The molecule has 1 aliphatic carbocycles. The molecule has 0 spiro atoms. The first kappa shape index (κ1) is 24.9. The van der Waals surface area contributed by atoms with Crippen LogP contribution in [0.4, 0.5) is 0 Å². The number of rotatable bonds is 8. The number of amides is 2. The molecule has 0 radical (unpaired) electrons. The number of thiophene rings is 1. The average Bonchev–Trinajstić information content (AvgIpc) is 3.40. The molecule has 5 nitrogen and oxygen atoms in total. The molecule has 34 heavy (non-hydrogen) atoms. The zero-order valence-electron chi connectivity index (χ0n) is 20.7. The van der Waals surface area contributed by atoms with Crippen LogP contribution in [0.2, 0.25) is 0 Å². The van der Waals surface area contributed by atoms with Crippen LogP contribution in [0.5, 0.6) is 0 Å². The van der Waals surface area contributed by atoms with Gasteiger partial charge in [-0.05, 0) is 82.0 Å². The molecule has 1 aromatic heterocycles. The van der Waals surface area contributed by atoms with E-state index in [0.29, 0.717) is 18.8 Å². The second-order valence-electron chi connectivity index (χ2n) is 10.3. The fourth-order valence-corrected chi connectivity index (χ4v) is 6.78. The van der Waals surface area contributed by atoms with Gasteiger partial charge in [-0.2, -0.15) is 0 Å². The van der Waals surface area contributed by atoms with E-state index in [9.17, 15) is 9.59 Å². The Kier molecular flexibility index (Phi) is 8.43. The second kappa shape index (κ2) is 11.5. The number of piperidine rings is 1. The van der Waals surface area contributed by atoms with Crippen LogP contribution in [0.25, 0.3) is 0 Å². The summed E-state index contributed by atoms with van der Waals surface area (Å²) < 4.78 is 0. The Hall–Kier alpha value is -2.18. The lowest BCUT2D eigenvalue weighted by Gasteiger charge is -2.44. The van der Waals surface area contributed by atoms with Crippen molar-refractivity contribution in [1.29, 1.82) is 0 Å². The molecule has 1 aliphatic heterocycles. The molecule has 1 aromatic carbocycles. The van der Waals surface area contributed by atoms with E-state index in [4.69, 9.17) is 0 Å². The molecule has 1 saturated heterocycles. The molecule has 0 bridgehead atoms. The van der Waals surface area contributed by atoms with Gasteiger partial charge in [0.2, 0.25) is 11.8 Å². The Bertz CT molecular complexity index is 912. The number of benzene rings is 1. The van der Waals surface area contributed by atoms with E-state index in [1.807, 2.05) is 16.2 Å². The third-order valence-corrected chi connectivity index (χ3v) is 8.98. The first-order chi connectivity index (χ1) is 16.5. The summed E-state index contributed by atoms with van der Waals surface area (Å²) in [5, 5.41) is 5.36. The molecular formula is C28H39N3O2S. The van der Waals surface area contributed by atoms with Crippen molar-refractivity contribution in [1.82, 2.24) is 15.1 Å². The molecule has 0 unspecified atom stereocenters. The zero-order valence-corrected chi connectivity index (χ0v) is 21.5. The summed E-state index contributed by atoms with van der Waals surface area (Å²) in [5.41, 5.74) is 1.46. The van der Waals surface area contributed by atoms with Crippen molar-refractivity contribution in [3.05, 3.63) is 58.3 Å². The van der Waals surface area contributed by atoms with Crippen molar-refractivity contribution in [2.75, 3.05) is 27.2 Å². The Morgan fingerprint density at radius 3 is 2.32 bits per heavy atom. The van der Waals surface area contributed by atoms with Crippen LogP contribution in [0.3, 0.4) is 0 Å². The molecule has 6 heteroatoms. The van der Waals surface area contributed by atoms with Crippen LogP contribution >= 0.6 is 11.3 Å². The monoisotopic (exact) mass is 481 g/mol. The van der Waals surface area contributed by atoms with Gasteiger partial charge in [0.15, 0.2) is 0 Å². The van der Waals surface area contributed by atoms with Crippen LogP contribution in [-0.2, 0) is 21.5 Å². The van der Waals surface area contributed by atoms with E-state index in [1.54, 1.807) is 0 Å². The van der Waals surface area contributed by atoms with E-state index in [-0.39, 0.29) is 23.4 Å². The topological polar surface area (TPSA) is 52.7 Å². The van der Waals surface area contributed by atoms with Crippen LogP contribution in [-0.4, -0.2) is 54.8 Å². The predicted molar refractivity (Wildman–Crippen MR) is 139 cm³/mol. The van der Waals surface area contributed by atoms with Gasteiger partial charge in [-0.15, -0.1) is 11.3 Å². The van der Waals surface area contributed by atoms with E-state index >= 15 is 0 Å². The standard InChI is InChI=1S/C28H39N3O2S/c1-30(2)28(25-9-6-20-34-25)16-12-24(13-17-28)29-26(32)10-11-27(33)31-18-14-23(15-19-31)21-22-7-4-3-5-8-22/h3-9,20,23-24H,10-19,21H2,1-2H3,(H,29,32). The number of carbonyl (C=O) groups is 2. The van der Waals surface area contributed by atoms with Gasteiger partial charge in [-0.3, -0.25) is 14.5 Å². The molecule has 184 valence electrons. The average molecular weight is 482 g/mol. The third-order valence-electron chi connectivity index (χ3n) is 7.91. The molecule has 2 aromatic rings. The fourth-order valence-electron chi connectivity index (χ4n) is 5.71. The van der Waals surface area contributed by atoms with Gasteiger partial charge in [-0.1, -0.05) is 36.4 Å². The molecule has 2 heterocycles. The number of carbonyl (C=O) groups excluding carboxylic acids is 2. The molecular weight excluding hydrogens is 442 g/mol. The summed E-state index contributed by atoms with van der Waals surface area (Å²) in [7, 11) is 4.32. The van der Waals surface area contributed by atoms with E-state index < -0.39 is 0 Å². The maximum Gasteiger partial charge on any atom is 0.223 e. The highest BCUT2D eigenvalue weighted by atomic mass is 32.1. The Labute approximate surface area is 208 Å². The smallest absolute Gasteiger partial charge is 0.223 e. The Morgan fingerprint density at radius 2 is 1.71 bits per heavy atom. The maximum absolute atomic E-state index is 12.7. The van der Waals surface area contributed by atoms with Crippen molar-refractivity contribution >= 4 is 23.2 Å². The lowest BCUT2D eigenvalue weighted by Crippen LogP contribution is -2.48. The molecule has 1 saturated carbocycles. The number of likely N-dealkylation sites (tertiary alicyclic amines) is 1.